The second kappa shape index (κ2) is 8.29. The molecule has 1 aromatic heterocycles. The first-order valence-corrected chi connectivity index (χ1v) is 9.96. The number of guanidine groups is 1. The number of nitrogens with one attached hydrogen (secondary N) is 2. The van der Waals surface area contributed by atoms with Crippen LogP contribution < -0.4 is 15.5 Å². The van der Waals surface area contributed by atoms with Crippen LogP contribution in [-0.4, -0.2) is 42.3 Å². The van der Waals surface area contributed by atoms with E-state index in [1.807, 2.05) is 6.07 Å². The quantitative estimate of drug-likeness (QED) is 0.568. The minimum absolute atomic E-state index is 0.149. The molecule has 2 N–H and O–H groups in total. The van der Waals surface area contributed by atoms with E-state index in [4.69, 9.17) is 4.52 Å². The summed E-state index contributed by atoms with van der Waals surface area (Å²) in [7, 11) is 1.77. The summed E-state index contributed by atoms with van der Waals surface area (Å²) < 4.78 is 6.46. The summed E-state index contributed by atoms with van der Waals surface area (Å²) in [6.45, 7) is 8.57. The maximum Gasteiger partial charge on any atom is 0.232 e. The molecule has 27 heavy (non-hydrogen) atoms. The van der Waals surface area contributed by atoms with Crippen LogP contribution in [0.15, 0.2) is 38.3 Å². The van der Waals surface area contributed by atoms with Crippen LogP contribution in [0.1, 0.15) is 38.9 Å². The van der Waals surface area contributed by atoms with Gasteiger partial charge in [-0.3, -0.25) is 4.99 Å². The number of nitrogens with zero attached hydrogens (tertiary/aromatic N) is 4. The molecule has 1 fully saturated rings. The molecule has 0 spiro atoms. The molecule has 0 saturated carbocycles. The van der Waals surface area contributed by atoms with Gasteiger partial charge < -0.3 is 20.1 Å². The van der Waals surface area contributed by atoms with Crippen molar-refractivity contribution in [3.8, 4) is 0 Å². The van der Waals surface area contributed by atoms with Gasteiger partial charge in [0.1, 0.15) is 0 Å². The van der Waals surface area contributed by atoms with Gasteiger partial charge in [-0.2, -0.15) is 4.98 Å². The Balaban J connectivity index is 1.52. The highest BCUT2D eigenvalue weighted by Crippen LogP contribution is 2.28. The van der Waals surface area contributed by atoms with Crippen molar-refractivity contribution < 1.29 is 4.52 Å². The SMILES string of the molecule is CN=C(NCc1noc(C(C)(C)C)n1)NC1CCN(c2ccccc2Br)C1. The summed E-state index contributed by atoms with van der Waals surface area (Å²) in [5, 5.41) is 10.8. The highest BCUT2D eigenvalue weighted by Gasteiger charge is 2.25. The minimum atomic E-state index is -0.149. The smallest absolute Gasteiger partial charge is 0.232 e. The number of aliphatic imine (C=N–C) groups is 1. The van der Waals surface area contributed by atoms with Crippen LogP contribution in [0, 0.1) is 0 Å². The number of hydrogen-bond acceptors (Lipinski definition) is 5. The fourth-order valence-corrected chi connectivity index (χ4v) is 3.52. The van der Waals surface area contributed by atoms with E-state index in [1.165, 1.54) is 5.69 Å². The third-order valence-electron chi connectivity index (χ3n) is 4.47. The zero-order valence-electron chi connectivity index (χ0n) is 16.3. The van der Waals surface area contributed by atoms with Gasteiger partial charge in [-0.15, -0.1) is 0 Å². The van der Waals surface area contributed by atoms with Crippen molar-refractivity contribution in [2.75, 3.05) is 25.0 Å². The lowest BCUT2D eigenvalue weighted by Crippen LogP contribution is -2.44. The molecular formula is C19H27BrN6O. The Morgan fingerprint density at radius 2 is 2.15 bits per heavy atom. The van der Waals surface area contributed by atoms with Crippen LogP contribution in [0.25, 0.3) is 0 Å². The molecule has 1 aliphatic heterocycles. The number of benzene rings is 1. The van der Waals surface area contributed by atoms with Gasteiger partial charge in [0.05, 0.1) is 12.2 Å². The molecular weight excluding hydrogens is 408 g/mol. The Kier molecular flexibility index (Phi) is 6.04. The van der Waals surface area contributed by atoms with Crippen molar-refractivity contribution >= 4 is 27.6 Å². The predicted octanol–water partition coefficient (Wildman–Crippen LogP) is 3.07. The van der Waals surface area contributed by atoms with Crippen LogP contribution in [-0.2, 0) is 12.0 Å². The van der Waals surface area contributed by atoms with Gasteiger partial charge in [0.15, 0.2) is 11.8 Å². The van der Waals surface area contributed by atoms with Gasteiger partial charge >= 0.3 is 0 Å². The maximum absolute atomic E-state index is 5.33. The minimum Gasteiger partial charge on any atom is -0.368 e. The van der Waals surface area contributed by atoms with E-state index in [0.29, 0.717) is 24.3 Å². The molecule has 1 aliphatic rings. The number of aromatic nitrogens is 2. The fraction of sp³-hybridized carbons (Fsp3) is 0.526. The third kappa shape index (κ3) is 5.00. The third-order valence-corrected chi connectivity index (χ3v) is 5.14. The molecule has 0 bridgehead atoms. The number of hydrogen-bond donors (Lipinski definition) is 2. The first kappa shape index (κ1) is 19.7. The van der Waals surface area contributed by atoms with Crippen molar-refractivity contribution in [2.45, 2.75) is 45.2 Å². The van der Waals surface area contributed by atoms with Crippen molar-refractivity contribution in [2.24, 2.45) is 4.99 Å². The van der Waals surface area contributed by atoms with E-state index < -0.39 is 0 Å². The highest BCUT2D eigenvalue weighted by molar-refractivity contribution is 9.10. The van der Waals surface area contributed by atoms with Gasteiger partial charge in [-0.05, 0) is 34.5 Å². The number of anilines is 1. The van der Waals surface area contributed by atoms with Crippen molar-refractivity contribution in [1.82, 2.24) is 20.8 Å². The lowest BCUT2D eigenvalue weighted by atomic mass is 9.97. The van der Waals surface area contributed by atoms with Crippen LogP contribution in [0.4, 0.5) is 5.69 Å². The van der Waals surface area contributed by atoms with E-state index in [2.05, 4.69) is 85.6 Å². The molecule has 1 unspecified atom stereocenters. The van der Waals surface area contributed by atoms with Gasteiger partial charge in [-0.25, -0.2) is 0 Å². The van der Waals surface area contributed by atoms with Gasteiger partial charge in [0.25, 0.3) is 0 Å². The van der Waals surface area contributed by atoms with E-state index in [1.54, 1.807) is 7.05 Å². The summed E-state index contributed by atoms with van der Waals surface area (Å²) in [6, 6.07) is 8.65. The van der Waals surface area contributed by atoms with Crippen molar-refractivity contribution in [1.29, 1.82) is 0 Å². The molecule has 2 aromatic rings. The molecule has 1 atom stereocenters. The standard InChI is InChI=1S/C19H27BrN6O/c1-19(2,3)17-24-16(25-27-17)11-22-18(21-4)23-13-9-10-26(12-13)15-8-6-5-7-14(15)20/h5-8,13H,9-12H2,1-4H3,(H2,21,22,23). The summed E-state index contributed by atoms with van der Waals surface area (Å²) in [5.41, 5.74) is 1.08. The summed E-state index contributed by atoms with van der Waals surface area (Å²) >= 11 is 3.64. The maximum atomic E-state index is 5.33. The second-order valence-electron chi connectivity index (χ2n) is 7.72. The van der Waals surface area contributed by atoms with Gasteiger partial charge in [-0.1, -0.05) is 38.1 Å². The lowest BCUT2D eigenvalue weighted by molar-refractivity contribution is 0.318. The van der Waals surface area contributed by atoms with Crippen molar-refractivity contribution in [3.63, 3.8) is 0 Å². The van der Waals surface area contributed by atoms with E-state index in [0.717, 1.165) is 29.9 Å². The summed E-state index contributed by atoms with van der Waals surface area (Å²) in [4.78, 5) is 11.1. The molecule has 7 nitrogen and oxygen atoms in total. The fourth-order valence-electron chi connectivity index (χ4n) is 2.99. The zero-order chi connectivity index (χ0) is 19.4. The number of para-hydroxylation sites is 1. The van der Waals surface area contributed by atoms with Crippen LogP contribution in [0.5, 0.6) is 0 Å². The molecule has 8 heteroatoms. The van der Waals surface area contributed by atoms with E-state index >= 15 is 0 Å². The lowest BCUT2D eigenvalue weighted by Gasteiger charge is -2.21. The Hall–Kier alpha value is -2.09. The van der Waals surface area contributed by atoms with Crippen LogP contribution in [0.3, 0.4) is 0 Å². The van der Waals surface area contributed by atoms with E-state index in [-0.39, 0.29) is 5.41 Å². The monoisotopic (exact) mass is 434 g/mol. The summed E-state index contributed by atoms with van der Waals surface area (Å²) in [6.07, 6.45) is 1.05. The average Bonchev–Trinajstić information content (AvgIpc) is 3.28. The molecule has 146 valence electrons. The Bertz CT molecular complexity index is 797. The molecule has 0 aliphatic carbocycles. The van der Waals surface area contributed by atoms with Gasteiger partial charge in [0.2, 0.25) is 5.89 Å². The molecule has 2 heterocycles. The first-order valence-electron chi connectivity index (χ1n) is 9.16. The number of rotatable bonds is 4. The second-order valence-corrected chi connectivity index (χ2v) is 8.57. The molecule has 1 aromatic carbocycles. The summed E-state index contributed by atoms with van der Waals surface area (Å²) in [5.74, 6) is 2.02. The molecule has 1 saturated heterocycles. The largest absolute Gasteiger partial charge is 0.368 e. The van der Waals surface area contributed by atoms with Crippen LogP contribution in [0.2, 0.25) is 0 Å². The Morgan fingerprint density at radius 3 is 2.81 bits per heavy atom. The van der Waals surface area contributed by atoms with Crippen LogP contribution >= 0.6 is 15.9 Å². The van der Waals surface area contributed by atoms with Crippen molar-refractivity contribution in [3.05, 3.63) is 40.5 Å². The topological polar surface area (TPSA) is 78.6 Å². The highest BCUT2D eigenvalue weighted by atomic mass is 79.9. The van der Waals surface area contributed by atoms with Gasteiger partial charge in [0, 0.05) is 36.1 Å². The number of halogens is 1. The Labute approximate surface area is 168 Å². The first-order chi connectivity index (χ1) is 12.9. The zero-order valence-corrected chi connectivity index (χ0v) is 17.9. The van der Waals surface area contributed by atoms with E-state index in [9.17, 15) is 0 Å². The molecule has 3 rings (SSSR count). The molecule has 0 radical (unpaired) electrons. The average molecular weight is 435 g/mol. The molecule has 0 amide bonds. The Morgan fingerprint density at radius 1 is 1.37 bits per heavy atom. The predicted molar refractivity (Wildman–Crippen MR) is 111 cm³/mol. The normalized spacial score (nSPS) is 18.0.